The van der Waals surface area contributed by atoms with Crippen molar-refractivity contribution < 1.29 is 0 Å². The Morgan fingerprint density at radius 3 is 2.83 bits per heavy atom. The molecule has 0 fully saturated rings. The molecule has 0 amide bonds. The molecule has 1 aromatic rings. The topological polar surface area (TPSA) is 48.5 Å². The summed E-state index contributed by atoms with van der Waals surface area (Å²) in [5, 5.41) is 0. The maximum absolute atomic E-state index is 10.8. The van der Waals surface area contributed by atoms with E-state index in [2.05, 4.69) is 9.98 Å². The van der Waals surface area contributed by atoms with E-state index in [9.17, 15) is 4.79 Å². The largest absolute Gasteiger partial charge is 0.369 e. The van der Waals surface area contributed by atoms with E-state index in [1.54, 1.807) is 23.4 Å². The van der Waals surface area contributed by atoms with E-state index < -0.39 is 0 Å². The van der Waals surface area contributed by atoms with Gasteiger partial charge in [-0.1, -0.05) is 6.07 Å². The number of nitrogens with zero attached hydrogens (tertiary/aromatic N) is 2. The van der Waals surface area contributed by atoms with E-state index in [0.29, 0.717) is 5.82 Å². The first-order valence-electron chi connectivity index (χ1n) is 3.58. The van der Waals surface area contributed by atoms with Gasteiger partial charge in [-0.3, -0.25) is 4.79 Å². The van der Waals surface area contributed by atoms with Crippen LogP contribution in [0.2, 0.25) is 0 Å². The Hall–Kier alpha value is -1.58. The van der Waals surface area contributed by atoms with Gasteiger partial charge in [0.2, 0.25) is 5.56 Å². The maximum atomic E-state index is 10.8. The van der Waals surface area contributed by atoms with Crippen LogP contribution in [0.25, 0.3) is 0 Å². The normalized spacial score (nSPS) is 10.5. The lowest BCUT2D eigenvalue weighted by molar-refractivity contribution is 0.643. The molecule has 0 aromatic carbocycles. The third-order valence-electron chi connectivity index (χ3n) is 1.18. The highest BCUT2D eigenvalue weighted by molar-refractivity contribution is 5.58. The van der Waals surface area contributed by atoms with Gasteiger partial charge >= 0.3 is 0 Å². The maximum Gasteiger partial charge on any atom is 0.249 e. The summed E-state index contributed by atoms with van der Waals surface area (Å²) in [6, 6.07) is 4.86. The number of rotatable bonds is 2. The molecule has 0 atom stereocenters. The van der Waals surface area contributed by atoms with E-state index in [-0.39, 0.29) is 5.56 Å². The van der Waals surface area contributed by atoms with E-state index in [1.165, 1.54) is 6.07 Å². The molecule has 1 aromatic heterocycles. The molecule has 0 unspecified atom stereocenters. The summed E-state index contributed by atoms with van der Waals surface area (Å²) in [6.45, 7) is 0. The molecule has 0 saturated heterocycles. The number of nitrogens with one attached hydrogen (secondary N) is 1. The molecular weight excluding hydrogens is 154 g/mol. The Balaban J connectivity index is 2.83. The minimum atomic E-state index is -0.136. The van der Waals surface area contributed by atoms with Crippen molar-refractivity contribution in [3.8, 4) is 0 Å². The number of pyridine rings is 1. The Labute approximate surface area is 70.6 Å². The van der Waals surface area contributed by atoms with Gasteiger partial charge in [-0.15, -0.1) is 0 Å². The predicted molar refractivity (Wildman–Crippen MR) is 48.9 cm³/mol. The quantitative estimate of drug-likeness (QED) is 0.515. The number of hydrogen-bond acceptors (Lipinski definition) is 2. The number of hydrogen-bond donors (Lipinski definition) is 1. The van der Waals surface area contributed by atoms with Crippen LogP contribution in [0.3, 0.4) is 0 Å². The molecule has 1 heterocycles. The number of aromatic amines is 1. The zero-order valence-corrected chi connectivity index (χ0v) is 7.11. The van der Waals surface area contributed by atoms with Gasteiger partial charge in [0, 0.05) is 20.2 Å². The number of aliphatic imine (C=N–C) groups is 1. The van der Waals surface area contributed by atoms with Gasteiger partial charge in [0.1, 0.15) is 5.82 Å². The molecule has 4 heteroatoms. The molecule has 0 radical (unpaired) electrons. The fourth-order valence-corrected chi connectivity index (χ4v) is 0.689. The molecule has 64 valence electrons. The molecule has 0 bridgehead atoms. The van der Waals surface area contributed by atoms with Gasteiger partial charge in [0.05, 0.1) is 6.34 Å². The van der Waals surface area contributed by atoms with Crippen molar-refractivity contribution in [1.82, 2.24) is 9.88 Å². The second-order valence-corrected chi connectivity index (χ2v) is 2.61. The molecular formula is C8H11N3O. The minimum absolute atomic E-state index is 0.136. The average molecular weight is 165 g/mol. The lowest BCUT2D eigenvalue weighted by atomic mass is 10.5. The summed E-state index contributed by atoms with van der Waals surface area (Å²) in [7, 11) is 3.73. The van der Waals surface area contributed by atoms with Gasteiger partial charge in [-0.05, 0) is 6.07 Å². The highest BCUT2D eigenvalue weighted by atomic mass is 16.1. The van der Waals surface area contributed by atoms with Crippen LogP contribution in [0.5, 0.6) is 0 Å². The Bertz CT molecular complexity index is 327. The average Bonchev–Trinajstić information content (AvgIpc) is 2.01. The number of H-pyrrole nitrogens is 1. The number of aromatic nitrogens is 1. The van der Waals surface area contributed by atoms with Crippen molar-refractivity contribution in [1.29, 1.82) is 0 Å². The van der Waals surface area contributed by atoms with Crippen molar-refractivity contribution in [2.75, 3.05) is 14.1 Å². The predicted octanol–water partition coefficient (Wildman–Crippen LogP) is 0.596. The second kappa shape index (κ2) is 3.71. The van der Waals surface area contributed by atoms with Crippen molar-refractivity contribution >= 4 is 12.2 Å². The van der Waals surface area contributed by atoms with Crippen LogP contribution in [-0.4, -0.2) is 30.3 Å². The van der Waals surface area contributed by atoms with Crippen LogP contribution in [0.15, 0.2) is 28.0 Å². The van der Waals surface area contributed by atoms with Gasteiger partial charge in [0.15, 0.2) is 0 Å². The molecule has 12 heavy (non-hydrogen) atoms. The highest BCUT2D eigenvalue weighted by Crippen LogP contribution is 2.00. The van der Waals surface area contributed by atoms with E-state index >= 15 is 0 Å². The summed E-state index contributed by atoms with van der Waals surface area (Å²) in [5.74, 6) is 0.566. The second-order valence-electron chi connectivity index (χ2n) is 2.61. The zero-order chi connectivity index (χ0) is 8.97. The zero-order valence-electron chi connectivity index (χ0n) is 7.11. The Morgan fingerprint density at radius 2 is 2.25 bits per heavy atom. The third kappa shape index (κ3) is 2.57. The van der Waals surface area contributed by atoms with Gasteiger partial charge in [-0.25, -0.2) is 4.99 Å². The van der Waals surface area contributed by atoms with E-state index in [1.807, 2.05) is 14.1 Å². The van der Waals surface area contributed by atoms with Crippen LogP contribution in [-0.2, 0) is 0 Å². The van der Waals surface area contributed by atoms with Crippen LogP contribution in [0.4, 0.5) is 5.82 Å². The first-order chi connectivity index (χ1) is 5.68. The standard InChI is InChI=1S/C8H11N3O/c1-11(2)6-9-7-4-3-5-8(12)10-7/h3-6H,1-2H3,(H,10,12)/b9-6+. The fraction of sp³-hybridized carbons (Fsp3) is 0.250. The van der Waals surface area contributed by atoms with Gasteiger partial charge in [0.25, 0.3) is 0 Å². The highest BCUT2D eigenvalue weighted by Gasteiger charge is 1.86. The smallest absolute Gasteiger partial charge is 0.249 e. The molecule has 1 N–H and O–H groups in total. The Kier molecular flexibility index (Phi) is 2.63. The molecule has 4 nitrogen and oxygen atoms in total. The Morgan fingerprint density at radius 1 is 1.50 bits per heavy atom. The molecule has 0 aliphatic carbocycles. The van der Waals surface area contributed by atoms with Crippen molar-refractivity contribution in [3.05, 3.63) is 28.6 Å². The molecule has 0 aliphatic heterocycles. The summed E-state index contributed by atoms with van der Waals surface area (Å²) in [4.78, 5) is 19.2. The van der Waals surface area contributed by atoms with Gasteiger partial charge < -0.3 is 9.88 Å². The molecule has 1 rings (SSSR count). The van der Waals surface area contributed by atoms with E-state index in [0.717, 1.165) is 0 Å². The SMILES string of the molecule is CN(C)/C=N/c1cccc(=O)[nH]1. The first-order valence-corrected chi connectivity index (χ1v) is 3.58. The third-order valence-corrected chi connectivity index (χ3v) is 1.18. The van der Waals surface area contributed by atoms with Crippen molar-refractivity contribution in [2.24, 2.45) is 4.99 Å². The van der Waals surface area contributed by atoms with E-state index in [4.69, 9.17) is 0 Å². The lowest BCUT2D eigenvalue weighted by Gasteiger charge is -2.01. The van der Waals surface area contributed by atoms with Crippen LogP contribution >= 0.6 is 0 Å². The minimum Gasteiger partial charge on any atom is -0.369 e. The van der Waals surface area contributed by atoms with Gasteiger partial charge in [-0.2, -0.15) is 0 Å². The summed E-state index contributed by atoms with van der Waals surface area (Å²) < 4.78 is 0. The van der Waals surface area contributed by atoms with Crippen LogP contribution in [0, 0.1) is 0 Å². The summed E-state index contributed by atoms with van der Waals surface area (Å²) in [5.41, 5.74) is -0.136. The van der Waals surface area contributed by atoms with Crippen molar-refractivity contribution in [3.63, 3.8) is 0 Å². The summed E-state index contributed by atoms with van der Waals surface area (Å²) >= 11 is 0. The first kappa shape index (κ1) is 8.52. The molecule has 0 aliphatic rings. The monoisotopic (exact) mass is 165 g/mol. The van der Waals surface area contributed by atoms with Crippen LogP contribution in [0.1, 0.15) is 0 Å². The van der Waals surface area contributed by atoms with Crippen molar-refractivity contribution in [2.45, 2.75) is 0 Å². The fourth-order valence-electron chi connectivity index (χ4n) is 0.689. The van der Waals surface area contributed by atoms with Crippen LogP contribution < -0.4 is 5.56 Å². The molecule has 0 saturated carbocycles. The summed E-state index contributed by atoms with van der Waals surface area (Å²) in [6.07, 6.45) is 1.63. The molecule has 0 spiro atoms. The lowest BCUT2D eigenvalue weighted by Crippen LogP contribution is -2.08.